The second-order valence-electron chi connectivity index (χ2n) is 5.26. The van der Waals surface area contributed by atoms with Gasteiger partial charge in [-0.25, -0.2) is 4.98 Å². The fourth-order valence-electron chi connectivity index (χ4n) is 2.71. The highest BCUT2D eigenvalue weighted by Crippen LogP contribution is 2.30. The Kier molecular flexibility index (Phi) is 3.57. The Bertz CT molecular complexity index is 648. The van der Waals surface area contributed by atoms with Crippen molar-refractivity contribution in [3.8, 4) is 0 Å². The Hall–Kier alpha value is -1.68. The minimum atomic E-state index is 0.112. The second-order valence-corrected chi connectivity index (χ2v) is 6.24. The zero-order valence-corrected chi connectivity index (χ0v) is 12.7. The lowest BCUT2D eigenvalue weighted by atomic mass is 10.0. The maximum Gasteiger partial charge on any atom is 0.186 e. The molecule has 0 saturated carbocycles. The molecule has 104 valence electrons. The molecule has 0 saturated heterocycles. The number of Topliss-reactive ketones (excluding diaryl/α,β-unsaturated/α-hetero) is 1. The van der Waals surface area contributed by atoms with E-state index < -0.39 is 0 Å². The van der Waals surface area contributed by atoms with Gasteiger partial charge < -0.3 is 4.90 Å². The van der Waals surface area contributed by atoms with Gasteiger partial charge in [-0.05, 0) is 30.9 Å². The maximum atomic E-state index is 11.6. The zero-order chi connectivity index (χ0) is 14.1. The van der Waals surface area contributed by atoms with Gasteiger partial charge in [-0.1, -0.05) is 35.6 Å². The molecule has 3 rings (SSSR count). The van der Waals surface area contributed by atoms with Gasteiger partial charge in [0.25, 0.3) is 0 Å². The van der Waals surface area contributed by atoms with Crippen LogP contribution in [0, 0.1) is 6.92 Å². The monoisotopic (exact) mass is 286 g/mol. The SMILES string of the molecule is CC(=O)c1sc(N2CCCc3ccccc3C2)nc1C. The summed E-state index contributed by atoms with van der Waals surface area (Å²) in [6, 6.07) is 8.61. The van der Waals surface area contributed by atoms with Gasteiger partial charge in [0.05, 0.1) is 10.6 Å². The lowest BCUT2D eigenvalue weighted by Gasteiger charge is -2.19. The van der Waals surface area contributed by atoms with E-state index in [0.717, 1.165) is 41.6 Å². The van der Waals surface area contributed by atoms with Gasteiger partial charge in [0.1, 0.15) is 0 Å². The first-order valence-corrected chi connectivity index (χ1v) is 7.77. The van der Waals surface area contributed by atoms with Crippen molar-refractivity contribution in [3.05, 3.63) is 46.0 Å². The summed E-state index contributed by atoms with van der Waals surface area (Å²) in [5, 5.41) is 0.976. The molecule has 0 aliphatic carbocycles. The topological polar surface area (TPSA) is 33.2 Å². The van der Waals surface area contributed by atoms with Crippen LogP contribution in [0.15, 0.2) is 24.3 Å². The van der Waals surface area contributed by atoms with E-state index in [-0.39, 0.29) is 5.78 Å². The van der Waals surface area contributed by atoms with E-state index in [0.29, 0.717) is 0 Å². The molecule has 0 bridgehead atoms. The van der Waals surface area contributed by atoms with Crippen molar-refractivity contribution in [2.45, 2.75) is 33.2 Å². The van der Waals surface area contributed by atoms with Gasteiger partial charge in [-0.15, -0.1) is 0 Å². The van der Waals surface area contributed by atoms with E-state index in [1.165, 1.54) is 22.5 Å². The van der Waals surface area contributed by atoms with Crippen LogP contribution < -0.4 is 4.90 Å². The Balaban J connectivity index is 1.91. The number of carbonyl (C=O) groups is 1. The van der Waals surface area contributed by atoms with Crippen LogP contribution in [0.3, 0.4) is 0 Å². The fourth-order valence-corrected chi connectivity index (χ4v) is 3.70. The van der Waals surface area contributed by atoms with Gasteiger partial charge in [-0.3, -0.25) is 4.79 Å². The molecule has 1 aliphatic rings. The van der Waals surface area contributed by atoms with Crippen LogP contribution in [0.1, 0.15) is 39.8 Å². The molecule has 4 heteroatoms. The highest BCUT2D eigenvalue weighted by atomic mass is 32.1. The Morgan fingerprint density at radius 1 is 1.30 bits per heavy atom. The molecule has 0 radical (unpaired) electrons. The summed E-state index contributed by atoms with van der Waals surface area (Å²) in [4.78, 5) is 19.3. The molecular weight excluding hydrogens is 268 g/mol. The maximum absolute atomic E-state index is 11.6. The number of thiazole rings is 1. The minimum absolute atomic E-state index is 0.112. The Morgan fingerprint density at radius 2 is 2.05 bits per heavy atom. The summed E-state index contributed by atoms with van der Waals surface area (Å²) < 4.78 is 0. The molecular formula is C16H18N2OS. The summed E-state index contributed by atoms with van der Waals surface area (Å²) in [5.74, 6) is 0.112. The summed E-state index contributed by atoms with van der Waals surface area (Å²) in [6.45, 7) is 5.42. The molecule has 2 heterocycles. The largest absolute Gasteiger partial charge is 0.344 e. The standard InChI is InChI=1S/C16H18N2OS/c1-11-15(12(2)19)20-16(17-11)18-9-5-8-13-6-3-4-7-14(13)10-18/h3-4,6-7H,5,8-10H2,1-2H3. The third-order valence-electron chi connectivity index (χ3n) is 3.73. The van der Waals surface area contributed by atoms with Crippen LogP contribution in [0.2, 0.25) is 0 Å². The van der Waals surface area contributed by atoms with Gasteiger partial charge in [0.2, 0.25) is 0 Å². The average Bonchev–Trinajstić information content (AvgIpc) is 2.69. The number of carbonyl (C=O) groups excluding carboxylic acids is 1. The second kappa shape index (κ2) is 5.37. The van der Waals surface area contributed by atoms with Gasteiger partial charge in [0, 0.05) is 20.0 Å². The quantitative estimate of drug-likeness (QED) is 0.791. The average molecular weight is 286 g/mol. The summed E-state index contributed by atoms with van der Waals surface area (Å²) >= 11 is 1.52. The van der Waals surface area contributed by atoms with Crippen LogP contribution in [0.4, 0.5) is 5.13 Å². The Morgan fingerprint density at radius 3 is 2.75 bits per heavy atom. The van der Waals surface area contributed by atoms with Crippen molar-refractivity contribution in [1.29, 1.82) is 0 Å². The molecule has 3 nitrogen and oxygen atoms in total. The van der Waals surface area contributed by atoms with E-state index in [4.69, 9.17) is 0 Å². The van der Waals surface area contributed by atoms with E-state index >= 15 is 0 Å². The molecule has 1 aromatic heterocycles. The van der Waals surface area contributed by atoms with E-state index in [9.17, 15) is 4.79 Å². The summed E-state index contributed by atoms with van der Waals surface area (Å²) in [7, 11) is 0. The van der Waals surface area contributed by atoms with Gasteiger partial charge in [0.15, 0.2) is 10.9 Å². The van der Waals surface area contributed by atoms with E-state index in [2.05, 4.69) is 34.1 Å². The highest BCUT2D eigenvalue weighted by Gasteiger charge is 2.19. The number of anilines is 1. The Labute approximate surface area is 123 Å². The first kappa shape index (κ1) is 13.3. The molecule has 2 aromatic rings. The van der Waals surface area contributed by atoms with Crippen molar-refractivity contribution >= 4 is 22.3 Å². The van der Waals surface area contributed by atoms with Gasteiger partial charge in [-0.2, -0.15) is 0 Å². The third-order valence-corrected chi connectivity index (χ3v) is 5.05. The molecule has 0 atom stereocenters. The lowest BCUT2D eigenvalue weighted by molar-refractivity contribution is 0.102. The summed E-state index contributed by atoms with van der Waals surface area (Å²) in [5.41, 5.74) is 3.67. The minimum Gasteiger partial charge on any atom is -0.344 e. The van der Waals surface area contributed by atoms with Crippen LogP contribution in [-0.4, -0.2) is 17.3 Å². The van der Waals surface area contributed by atoms with Crippen molar-refractivity contribution in [3.63, 3.8) is 0 Å². The number of aryl methyl sites for hydroxylation is 2. The van der Waals surface area contributed by atoms with Crippen molar-refractivity contribution in [1.82, 2.24) is 4.98 Å². The molecule has 20 heavy (non-hydrogen) atoms. The number of fused-ring (bicyclic) bond motifs is 1. The normalized spacial score (nSPS) is 14.8. The van der Waals surface area contributed by atoms with Crippen LogP contribution in [0.5, 0.6) is 0 Å². The van der Waals surface area contributed by atoms with Crippen molar-refractivity contribution in [2.24, 2.45) is 0 Å². The van der Waals surface area contributed by atoms with Crippen molar-refractivity contribution in [2.75, 3.05) is 11.4 Å². The number of rotatable bonds is 2. The third kappa shape index (κ3) is 2.48. The van der Waals surface area contributed by atoms with Crippen LogP contribution in [-0.2, 0) is 13.0 Å². The fraction of sp³-hybridized carbons (Fsp3) is 0.375. The predicted octanol–water partition coefficient (Wildman–Crippen LogP) is 3.61. The highest BCUT2D eigenvalue weighted by molar-refractivity contribution is 7.17. The van der Waals surface area contributed by atoms with E-state index in [1.807, 2.05) is 6.92 Å². The number of benzene rings is 1. The molecule has 0 amide bonds. The molecule has 0 spiro atoms. The van der Waals surface area contributed by atoms with E-state index in [1.54, 1.807) is 6.92 Å². The predicted molar refractivity (Wildman–Crippen MR) is 82.7 cm³/mol. The number of hydrogen-bond donors (Lipinski definition) is 0. The number of ketones is 1. The van der Waals surface area contributed by atoms with Crippen LogP contribution in [0.25, 0.3) is 0 Å². The number of nitrogens with zero attached hydrogens (tertiary/aromatic N) is 2. The smallest absolute Gasteiger partial charge is 0.186 e. The molecule has 0 fully saturated rings. The van der Waals surface area contributed by atoms with Crippen molar-refractivity contribution < 1.29 is 4.79 Å². The molecule has 1 aliphatic heterocycles. The van der Waals surface area contributed by atoms with Crippen LogP contribution >= 0.6 is 11.3 Å². The summed E-state index contributed by atoms with van der Waals surface area (Å²) in [6.07, 6.45) is 2.25. The molecule has 0 unspecified atom stereocenters. The molecule has 0 N–H and O–H groups in total. The first-order chi connectivity index (χ1) is 9.65. The molecule has 1 aromatic carbocycles. The lowest BCUT2D eigenvalue weighted by Crippen LogP contribution is -2.22. The number of hydrogen-bond acceptors (Lipinski definition) is 4. The van der Waals surface area contributed by atoms with Gasteiger partial charge >= 0.3 is 0 Å². The zero-order valence-electron chi connectivity index (χ0n) is 11.8. The number of aromatic nitrogens is 1. The first-order valence-electron chi connectivity index (χ1n) is 6.95.